The first-order valence-corrected chi connectivity index (χ1v) is 6.18. The molecule has 0 bridgehead atoms. The van der Waals surface area contributed by atoms with Crippen LogP contribution in [0.25, 0.3) is 0 Å². The Morgan fingerprint density at radius 1 is 1.00 bits per heavy atom. The SMILES string of the molecule is Cc1cccc(NC(=O)Oc2cccc(NC(=O)O)c2)c1. The summed E-state index contributed by atoms with van der Waals surface area (Å²) in [6, 6.07) is 13.4. The number of benzene rings is 2. The molecule has 0 heterocycles. The number of anilines is 2. The second-order valence-corrected chi connectivity index (χ2v) is 4.34. The van der Waals surface area contributed by atoms with Crippen LogP contribution < -0.4 is 15.4 Å². The minimum atomic E-state index is -1.18. The molecule has 2 rings (SSSR count). The number of hydrogen-bond donors (Lipinski definition) is 3. The van der Waals surface area contributed by atoms with Crippen molar-refractivity contribution >= 4 is 23.6 Å². The number of amides is 2. The van der Waals surface area contributed by atoms with Crippen LogP contribution in [-0.2, 0) is 0 Å². The molecule has 6 heteroatoms. The minimum absolute atomic E-state index is 0.242. The Kier molecular flexibility index (Phi) is 4.40. The van der Waals surface area contributed by atoms with Gasteiger partial charge < -0.3 is 9.84 Å². The normalized spacial score (nSPS) is 9.76. The highest BCUT2D eigenvalue weighted by Gasteiger charge is 2.06. The number of rotatable bonds is 3. The molecule has 2 aromatic rings. The summed E-state index contributed by atoms with van der Waals surface area (Å²) in [4.78, 5) is 22.3. The van der Waals surface area contributed by atoms with Crippen LogP contribution in [0, 0.1) is 6.92 Å². The van der Waals surface area contributed by atoms with Gasteiger partial charge in [0.15, 0.2) is 0 Å². The van der Waals surface area contributed by atoms with Crippen LogP contribution in [0.3, 0.4) is 0 Å². The molecule has 21 heavy (non-hydrogen) atoms. The van der Waals surface area contributed by atoms with E-state index in [1.54, 1.807) is 24.3 Å². The van der Waals surface area contributed by atoms with Crippen LogP contribution in [-0.4, -0.2) is 17.3 Å². The van der Waals surface area contributed by atoms with Crippen molar-refractivity contribution in [2.45, 2.75) is 6.92 Å². The van der Waals surface area contributed by atoms with E-state index in [1.165, 1.54) is 6.07 Å². The van der Waals surface area contributed by atoms with Crippen molar-refractivity contribution in [1.29, 1.82) is 0 Å². The number of carbonyl (C=O) groups excluding carboxylic acids is 1. The maximum Gasteiger partial charge on any atom is 0.417 e. The average molecular weight is 286 g/mol. The smallest absolute Gasteiger partial charge is 0.417 e. The summed E-state index contributed by atoms with van der Waals surface area (Å²) in [5.41, 5.74) is 1.96. The van der Waals surface area contributed by atoms with Gasteiger partial charge in [-0.05, 0) is 36.8 Å². The Morgan fingerprint density at radius 3 is 2.33 bits per heavy atom. The van der Waals surface area contributed by atoms with Gasteiger partial charge in [0.1, 0.15) is 5.75 Å². The third-order valence-corrected chi connectivity index (χ3v) is 2.56. The molecule has 108 valence electrons. The third-order valence-electron chi connectivity index (χ3n) is 2.56. The fraction of sp³-hybridized carbons (Fsp3) is 0.0667. The highest BCUT2D eigenvalue weighted by Crippen LogP contribution is 2.18. The predicted molar refractivity (Wildman–Crippen MR) is 78.9 cm³/mol. The lowest BCUT2D eigenvalue weighted by Crippen LogP contribution is -2.17. The summed E-state index contributed by atoms with van der Waals surface area (Å²) in [5.74, 6) is 0.242. The van der Waals surface area contributed by atoms with E-state index >= 15 is 0 Å². The summed E-state index contributed by atoms with van der Waals surface area (Å²) in [7, 11) is 0. The van der Waals surface area contributed by atoms with Crippen LogP contribution in [0.2, 0.25) is 0 Å². The van der Waals surface area contributed by atoms with Gasteiger partial charge in [-0.15, -0.1) is 0 Å². The lowest BCUT2D eigenvalue weighted by Gasteiger charge is -2.08. The topological polar surface area (TPSA) is 87.7 Å². The van der Waals surface area contributed by atoms with Crippen molar-refractivity contribution in [3.8, 4) is 5.75 Å². The van der Waals surface area contributed by atoms with Crippen LogP contribution in [0.4, 0.5) is 21.0 Å². The van der Waals surface area contributed by atoms with Crippen molar-refractivity contribution in [2.24, 2.45) is 0 Å². The average Bonchev–Trinajstić information content (AvgIpc) is 2.37. The highest BCUT2D eigenvalue weighted by atomic mass is 16.6. The van der Waals surface area contributed by atoms with Crippen LogP contribution >= 0.6 is 0 Å². The van der Waals surface area contributed by atoms with Gasteiger partial charge in [-0.25, -0.2) is 9.59 Å². The number of carbonyl (C=O) groups is 2. The molecular weight excluding hydrogens is 272 g/mol. The largest absolute Gasteiger partial charge is 0.465 e. The molecule has 0 aliphatic carbocycles. The number of carboxylic acid groups (broad SMARTS) is 1. The van der Waals surface area contributed by atoms with Crippen molar-refractivity contribution in [1.82, 2.24) is 0 Å². The summed E-state index contributed by atoms with van der Waals surface area (Å²) >= 11 is 0. The molecule has 0 aliphatic rings. The first kappa shape index (κ1) is 14.4. The molecule has 0 fully saturated rings. The van der Waals surface area contributed by atoms with Gasteiger partial charge in [0.2, 0.25) is 0 Å². The molecule has 2 aromatic carbocycles. The van der Waals surface area contributed by atoms with E-state index in [2.05, 4.69) is 10.6 Å². The van der Waals surface area contributed by atoms with E-state index in [-0.39, 0.29) is 5.75 Å². The quantitative estimate of drug-likeness (QED) is 0.802. The number of ether oxygens (including phenoxy) is 1. The zero-order valence-corrected chi connectivity index (χ0v) is 11.3. The molecule has 3 N–H and O–H groups in total. The fourth-order valence-corrected chi connectivity index (χ4v) is 1.73. The lowest BCUT2D eigenvalue weighted by atomic mass is 10.2. The number of nitrogens with one attached hydrogen (secondary N) is 2. The van der Waals surface area contributed by atoms with Crippen molar-refractivity contribution < 1.29 is 19.4 Å². The molecule has 0 aromatic heterocycles. The van der Waals surface area contributed by atoms with Crippen LogP contribution in [0.5, 0.6) is 5.75 Å². The van der Waals surface area contributed by atoms with Gasteiger partial charge >= 0.3 is 12.2 Å². The first-order valence-electron chi connectivity index (χ1n) is 6.18. The summed E-state index contributed by atoms with van der Waals surface area (Å²) in [5, 5.41) is 13.4. The number of aryl methyl sites for hydroxylation is 1. The molecule has 0 aliphatic heterocycles. The summed E-state index contributed by atoms with van der Waals surface area (Å²) < 4.78 is 5.10. The van der Waals surface area contributed by atoms with Crippen LogP contribution in [0.15, 0.2) is 48.5 Å². The van der Waals surface area contributed by atoms with Gasteiger partial charge in [-0.3, -0.25) is 10.6 Å². The van der Waals surface area contributed by atoms with Crippen molar-refractivity contribution in [3.05, 3.63) is 54.1 Å². The third kappa shape index (κ3) is 4.54. The maximum absolute atomic E-state index is 11.8. The van der Waals surface area contributed by atoms with E-state index in [9.17, 15) is 9.59 Å². The summed E-state index contributed by atoms with van der Waals surface area (Å²) in [6.45, 7) is 1.91. The molecule has 6 nitrogen and oxygen atoms in total. The Bertz CT molecular complexity index is 670. The fourth-order valence-electron chi connectivity index (χ4n) is 1.73. The molecule has 0 saturated heterocycles. The molecule has 0 unspecified atom stereocenters. The number of hydrogen-bond acceptors (Lipinski definition) is 3. The van der Waals surface area contributed by atoms with E-state index in [1.807, 2.05) is 25.1 Å². The van der Waals surface area contributed by atoms with E-state index in [4.69, 9.17) is 9.84 Å². The van der Waals surface area contributed by atoms with E-state index < -0.39 is 12.2 Å². The molecular formula is C15H14N2O4. The molecule has 0 atom stereocenters. The van der Waals surface area contributed by atoms with E-state index in [0.29, 0.717) is 11.4 Å². The van der Waals surface area contributed by atoms with E-state index in [0.717, 1.165) is 5.56 Å². The maximum atomic E-state index is 11.8. The standard InChI is InChI=1S/C15H14N2O4/c1-10-4-2-5-11(8-10)17-15(20)21-13-7-3-6-12(9-13)16-14(18)19/h2-9,16H,1H3,(H,17,20)(H,18,19). The molecule has 0 spiro atoms. The predicted octanol–water partition coefficient (Wildman–Crippen LogP) is 3.70. The Labute approximate surface area is 121 Å². The monoisotopic (exact) mass is 286 g/mol. The summed E-state index contributed by atoms with van der Waals surface area (Å²) in [6.07, 6.45) is -1.83. The van der Waals surface area contributed by atoms with Gasteiger partial charge in [-0.1, -0.05) is 18.2 Å². The van der Waals surface area contributed by atoms with Crippen LogP contribution in [0.1, 0.15) is 5.56 Å². The van der Waals surface area contributed by atoms with Gasteiger partial charge in [0, 0.05) is 17.4 Å². The second-order valence-electron chi connectivity index (χ2n) is 4.34. The zero-order chi connectivity index (χ0) is 15.2. The Balaban J connectivity index is 2.01. The van der Waals surface area contributed by atoms with Crippen molar-refractivity contribution in [2.75, 3.05) is 10.6 Å². The first-order chi connectivity index (χ1) is 10.0. The molecule has 2 amide bonds. The van der Waals surface area contributed by atoms with Crippen molar-refractivity contribution in [3.63, 3.8) is 0 Å². The van der Waals surface area contributed by atoms with Gasteiger partial charge in [-0.2, -0.15) is 0 Å². The Hall–Kier alpha value is -3.02. The Morgan fingerprint density at radius 2 is 1.67 bits per heavy atom. The molecule has 0 saturated carbocycles. The van der Waals surface area contributed by atoms with Gasteiger partial charge in [0.05, 0.1) is 0 Å². The second kappa shape index (κ2) is 6.42. The zero-order valence-electron chi connectivity index (χ0n) is 11.3. The molecule has 0 radical (unpaired) electrons. The lowest BCUT2D eigenvalue weighted by molar-refractivity contribution is 0.209. The highest BCUT2D eigenvalue weighted by molar-refractivity contribution is 5.87. The van der Waals surface area contributed by atoms with Gasteiger partial charge in [0.25, 0.3) is 0 Å². The minimum Gasteiger partial charge on any atom is -0.465 e.